The largest absolute Gasteiger partial charge is 0.381 e. The standard InChI is InChI=1S/C12H20N2OS/c1-12(2,13-3)10-8-16-11(14-10)9-4-6-15-7-5-9/h8-9,13H,4-7H2,1-3H3. The number of thiazole rings is 1. The number of nitrogens with zero attached hydrogens (tertiary/aromatic N) is 1. The smallest absolute Gasteiger partial charge is 0.0961 e. The first-order valence-corrected chi connectivity index (χ1v) is 6.74. The van der Waals surface area contributed by atoms with Crippen molar-refractivity contribution in [2.24, 2.45) is 0 Å². The van der Waals surface area contributed by atoms with Crippen molar-refractivity contribution in [2.75, 3.05) is 20.3 Å². The van der Waals surface area contributed by atoms with Gasteiger partial charge in [0.1, 0.15) is 0 Å². The van der Waals surface area contributed by atoms with E-state index < -0.39 is 0 Å². The normalized spacial score (nSPS) is 18.9. The predicted molar refractivity (Wildman–Crippen MR) is 67.0 cm³/mol. The van der Waals surface area contributed by atoms with E-state index in [1.165, 1.54) is 5.01 Å². The number of hydrogen-bond donors (Lipinski definition) is 1. The minimum absolute atomic E-state index is 0.0279. The van der Waals surface area contributed by atoms with E-state index in [9.17, 15) is 0 Å². The summed E-state index contributed by atoms with van der Waals surface area (Å²) in [6.45, 7) is 6.09. The van der Waals surface area contributed by atoms with Gasteiger partial charge < -0.3 is 10.1 Å². The summed E-state index contributed by atoms with van der Waals surface area (Å²) in [5.74, 6) is 0.611. The van der Waals surface area contributed by atoms with E-state index in [1.807, 2.05) is 7.05 Å². The maximum atomic E-state index is 5.38. The van der Waals surface area contributed by atoms with E-state index in [4.69, 9.17) is 9.72 Å². The van der Waals surface area contributed by atoms with Crippen LogP contribution in [0.4, 0.5) is 0 Å². The Kier molecular flexibility index (Phi) is 3.62. The lowest BCUT2D eigenvalue weighted by molar-refractivity contribution is 0.0852. The number of hydrogen-bond acceptors (Lipinski definition) is 4. The van der Waals surface area contributed by atoms with E-state index in [0.29, 0.717) is 5.92 Å². The molecule has 4 heteroatoms. The van der Waals surface area contributed by atoms with Crippen LogP contribution in [0.25, 0.3) is 0 Å². The summed E-state index contributed by atoms with van der Waals surface area (Å²) < 4.78 is 5.38. The molecule has 1 fully saturated rings. The highest BCUT2D eigenvalue weighted by Crippen LogP contribution is 2.31. The van der Waals surface area contributed by atoms with Gasteiger partial charge in [0.25, 0.3) is 0 Å². The summed E-state index contributed by atoms with van der Waals surface area (Å²) in [4.78, 5) is 4.78. The average molecular weight is 240 g/mol. The second-order valence-corrected chi connectivity index (χ2v) is 5.72. The Morgan fingerprint density at radius 2 is 2.12 bits per heavy atom. The van der Waals surface area contributed by atoms with E-state index in [-0.39, 0.29) is 5.54 Å². The molecular weight excluding hydrogens is 220 g/mol. The molecule has 1 aromatic rings. The van der Waals surface area contributed by atoms with Crippen molar-refractivity contribution < 1.29 is 4.74 Å². The second-order valence-electron chi connectivity index (χ2n) is 4.83. The first-order chi connectivity index (χ1) is 7.63. The number of nitrogens with one attached hydrogen (secondary N) is 1. The molecule has 0 unspecified atom stereocenters. The maximum Gasteiger partial charge on any atom is 0.0961 e. The van der Waals surface area contributed by atoms with Gasteiger partial charge in [-0.15, -0.1) is 11.3 Å². The molecule has 0 atom stereocenters. The van der Waals surface area contributed by atoms with Crippen molar-refractivity contribution in [3.05, 3.63) is 16.1 Å². The zero-order valence-electron chi connectivity index (χ0n) is 10.2. The SMILES string of the molecule is CNC(C)(C)c1csc(C2CCOCC2)n1. The fourth-order valence-electron chi connectivity index (χ4n) is 1.83. The Morgan fingerprint density at radius 1 is 1.44 bits per heavy atom. The van der Waals surface area contributed by atoms with Crippen LogP contribution in [-0.2, 0) is 10.3 Å². The first kappa shape index (κ1) is 12.0. The van der Waals surface area contributed by atoms with Crippen LogP contribution in [0.5, 0.6) is 0 Å². The van der Waals surface area contributed by atoms with Crippen LogP contribution in [0.15, 0.2) is 5.38 Å². The molecule has 90 valence electrons. The van der Waals surface area contributed by atoms with Crippen LogP contribution >= 0.6 is 11.3 Å². The highest BCUT2D eigenvalue weighted by Gasteiger charge is 2.24. The highest BCUT2D eigenvalue weighted by molar-refractivity contribution is 7.09. The van der Waals surface area contributed by atoms with Gasteiger partial charge in [0.05, 0.1) is 16.2 Å². The molecule has 0 aliphatic carbocycles. The maximum absolute atomic E-state index is 5.38. The minimum Gasteiger partial charge on any atom is -0.381 e. The molecule has 0 bridgehead atoms. The third-order valence-corrected chi connectivity index (χ3v) is 4.37. The highest BCUT2D eigenvalue weighted by atomic mass is 32.1. The third kappa shape index (κ3) is 2.44. The Balaban J connectivity index is 2.12. The van der Waals surface area contributed by atoms with Gasteiger partial charge in [-0.2, -0.15) is 0 Å². The molecule has 1 aliphatic rings. The molecule has 1 aromatic heterocycles. The lowest BCUT2D eigenvalue weighted by atomic mass is 10.00. The molecule has 0 spiro atoms. The van der Waals surface area contributed by atoms with Gasteiger partial charge in [0.15, 0.2) is 0 Å². The van der Waals surface area contributed by atoms with Gasteiger partial charge in [-0.1, -0.05) is 0 Å². The van der Waals surface area contributed by atoms with Crippen LogP contribution < -0.4 is 5.32 Å². The van der Waals surface area contributed by atoms with Crippen LogP contribution in [0.3, 0.4) is 0 Å². The predicted octanol–water partition coefficient (Wildman–Crippen LogP) is 2.49. The number of rotatable bonds is 3. The van der Waals surface area contributed by atoms with Crippen molar-refractivity contribution in [1.82, 2.24) is 10.3 Å². The zero-order chi connectivity index (χ0) is 11.6. The van der Waals surface area contributed by atoms with Gasteiger partial charge in [-0.3, -0.25) is 0 Å². The molecule has 0 amide bonds. The quantitative estimate of drug-likeness (QED) is 0.881. The van der Waals surface area contributed by atoms with Gasteiger partial charge in [0, 0.05) is 24.5 Å². The fourth-order valence-corrected chi connectivity index (χ4v) is 2.99. The molecule has 0 aromatic carbocycles. The van der Waals surface area contributed by atoms with Crippen LogP contribution in [-0.4, -0.2) is 25.2 Å². The molecule has 0 radical (unpaired) electrons. The van der Waals surface area contributed by atoms with Crippen molar-refractivity contribution in [3.8, 4) is 0 Å². The Morgan fingerprint density at radius 3 is 2.75 bits per heavy atom. The molecule has 16 heavy (non-hydrogen) atoms. The van der Waals surface area contributed by atoms with E-state index in [2.05, 4.69) is 24.5 Å². The van der Waals surface area contributed by atoms with Gasteiger partial charge >= 0.3 is 0 Å². The van der Waals surface area contributed by atoms with Crippen LogP contribution in [0.2, 0.25) is 0 Å². The summed E-state index contributed by atoms with van der Waals surface area (Å²) in [5, 5.41) is 6.75. The fraction of sp³-hybridized carbons (Fsp3) is 0.750. The lowest BCUT2D eigenvalue weighted by Gasteiger charge is -2.22. The van der Waals surface area contributed by atoms with E-state index >= 15 is 0 Å². The Bertz CT molecular complexity index is 343. The van der Waals surface area contributed by atoms with Crippen LogP contribution in [0, 0.1) is 0 Å². The molecule has 1 aliphatic heterocycles. The summed E-state index contributed by atoms with van der Waals surface area (Å²) in [6, 6.07) is 0. The molecule has 2 rings (SSSR count). The van der Waals surface area contributed by atoms with Crippen molar-refractivity contribution in [3.63, 3.8) is 0 Å². The third-order valence-electron chi connectivity index (χ3n) is 3.36. The van der Waals surface area contributed by atoms with Crippen molar-refractivity contribution in [2.45, 2.75) is 38.1 Å². The zero-order valence-corrected chi connectivity index (χ0v) is 11.1. The van der Waals surface area contributed by atoms with Gasteiger partial charge in [-0.05, 0) is 33.7 Å². The molecule has 3 nitrogen and oxygen atoms in total. The van der Waals surface area contributed by atoms with Gasteiger partial charge in [0.2, 0.25) is 0 Å². The number of aromatic nitrogens is 1. The average Bonchev–Trinajstić information content (AvgIpc) is 2.80. The molecular formula is C12H20N2OS. The molecule has 1 N–H and O–H groups in total. The Hall–Kier alpha value is -0.450. The molecule has 1 saturated heterocycles. The van der Waals surface area contributed by atoms with Crippen LogP contribution in [0.1, 0.15) is 43.3 Å². The van der Waals surface area contributed by atoms with E-state index in [1.54, 1.807) is 11.3 Å². The summed E-state index contributed by atoms with van der Waals surface area (Å²) in [7, 11) is 1.98. The van der Waals surface area contributed by atoms with Crippen molar-refractivity contribution in [1.29, 1.82) is 0 Å². The van der Waals surface area contributed by atoms with Gasteiger partial charge in [-0.25, -0.2) is 4.98 Å². The minimum atomic E-state index is -0.0279. The topological polar surface area (TPSA) is 34.1 Å². The monoisotopic (exact) mass is 240 g/mol. The number of ether oxygens (including phenoxy) is 1. The Labute approximate surface area is 101 Å². The summed E-state index contributed by atoms with van der Waals surface area (Å²) in [5.41, 5.74) is 1.13. The molecule has 0 saturated carbocycles. The lowest BCUT2D eigenvalue weighted by Crippen LogP contribution is -2.33. The first-order valence-electron chi connectivity index (χ1n) is 5.86. The summed E-state index contributed by atoms with van der Waals surface area (Å²) >= 11 is 1.79. The summed E-state index contributed by atoms with van der Waals surface area (Å²) in [6.07, 6.45) is 2.24. The van der Waals surface area contributed by atoms with Crippen molar-refractivity contribution >= 4 is 11.3 Å². The van der Waals surface area contributed by atoms with E-state index in [0.717, 1.165) is 31.7 Å². The second kappa shape index (κ2) is 4.82. The molecule has 2 heterocycles.